The predicted octanol–water partition coefficient (Wildman–Crippen LogP) is 1.81. The number of carbonyl (C=O) groups excluding carboxylic acids is 3. The maximum absolute atomic E-state index is 12.1. The van der Waals surface area contributed by atoms with Crippen molar-refractivity contribution >= 4 is 35.3 Å². The number of hydrogen-bond acceptors (Lipinski definition) is 7. The van der Waals surface area contributed by atoms with E-state index >= 15 is 0 Å². The molecule has 0 aliphatic carbocycles. The average molecular weight is 454 g/mol. The first-order valence-electron chi connectivity index (χ1n) is 8.84. The van der Waals surface area contributed by atoms with Gasteiger partial charge in [-0.2, -0.15) is 13.2 Å². The summed E-state index contributed by atoms with van der Waals surface area (Å²) < 4.78 is 36.9. The molecule has 1 aliphatic heterocycles. The zero-order valence-electron chi connectivity index (χ0n) is 16.5. The number of benzene rings is 1. The number of anilines is 2. The second-order valence-corrected chi connectivity index (χ2v) is 6.15. The van der Waals surface area contributed by atoms with Crippen molar-refractivity contribution in [2.75, 3.05) is 29.9 Å². The Morgan fingerprint density at radius 2 is 1.66 bits per heavy atom. The van der Waals surface area contributed by atoms with E-state index in [1.54, 1.807) is 19.2 Å². The van der Waals surface area contributed by atoms with Gasteiger partial charge in [0.15, 0.2) is 0 Å². The SMILES string of the molecule is CN(C(=O)Oc1ccc(N2C(=O)CNCC2=O)cn1)c1ccccc1.O=C(O)C(F)(F)F. The molecule has 3 rings (SSSR count). The maximum atomic E-state index is 12.1. The summed E-state index contributed by atoms with van der Waals surface area (Å²) in [6.07, 6.45) is -4.35. The quantitative estimate of drug-likeness (QED) is 0.672. The number of aromatic nitrogens is 1. The van der Waals surface area contributed by atoms with Crippen molar-refractivity contribution in [3.63, 3.8) is 0 Å². The topological polar surface area (TPSA) is 129 Å². The largest absolute Gasteiger partial charge is 0.490 e. The van der Waals surface area contributed by atoms with Gasteiger partial charge >= 0.3 is 18.2 Å². The summed E-state index contributed by atoms with van der Waals surface area (Å²) in [7, 11) is 1.59. The van der Waals surface area contributed by atoms with Crippen molar-refractivity contribution in [2.24, 2.45) is 0 Å². The Labute approximate surface area is 179 Å². The van der Waals surface area contributed by atoms with E-state index in [-0.39, 0.29) is 30.8 Å². The molecule has 2 heterocycles. The lowest BCUT2D eigenvalue weighted by atomic mass is 10.3. The molecule has 1 fully saturated rings. The second kappa shape index (κ2) is 10.3. The maximum Gasteiger partial charge on any atom is 0.490 e. The van der Waals surface area contributed by atoms with Gasteiger partial charge in [0.1, 0.15) is 0 Å². The molecule has 0 spiro atoms. The molecule has 2 N–H and O–H groups in total. The van der Waals surface area contributed by atoms with E-state index in [2.05, 4.69) is 10.3 Å². The fraction of sp³-hybridized carbons (Fsp3) is 0.211. The van der Waals surface area contributed by atoms with Crippen LogP contribution in [0.5, 0.6) is 5.88 Å². The normalized spacial score (nSPS) is 13.7. The van der Waals surface area contributed by atoms with Gasteiger partial charge < -0.3 is 9.84 Å². The standard InChI is InChI=1S/C17H16N4O4.C2HF3O2/c1-20(12-5-3-2-4-6-12)17(24)25-14-8-7-13(9-19-14)21-15(22)10-18-11-16(21)23;3-2(4,5)1(6)7/h2-9,18H,10-11H2,1H3;(H,6,7). The van der Waals surface area contributed by atoms with E-state index in [4.69, 9.17) is 14.6 Å². The van der Waals surface area contributed by atoms with Crippen LogP contribution in [0.3, 0.4) is 0 Å². The summed E-state index contributed by atoms with van der Waals surface area (Å²) in [5.74, 6) is -3.39. The van der Waals surface area contributed by atoms with Crippen LogP contribution in [-0.4, -0.2) is 60.3 Å². The van der Waals surface area contributed by atoms with Crippen LogP contribution < -0.4 is 19.9 Å². The van der Waals surface area contributed by atoms with Crippen molar-refractivity contribution in [1.82, 2.24) is 10.3 Å². The van der Waals surface area contributed by atoms with Crippen molar-refractivity contribution in [2.45, 2.75) is 6.18 Å². The molecule has 2 aromatic rings. The lowest BCUT2D eigenvalue weighted by Crippen LogP contribution is -2.52. The summed E-state index contributed by atoms with van der Waals surface area (Å²) in [6, 6.07) is 12.0. The number of aliphatic carboxylic acids is 1. The third-order valence-corrected chi connectivity index (χ3v) is 3.88. The summed E-state index contributed by atoms with van der Waals surface area (Å²) >= 11 is 0. The third-order valence-electron chi connectivity index (χ3n) is 3.88. The Balaban J connectivity index is 0.000000451. The number of pyridine rings is 1. The van der Waals surface area contributed by atoms with Gasteiger partial charge in [0.05, 0.1) is 25.0 Å². The van der Waals surface area contributed by atoms with Crippen LogP contribution >= 0.6 is 0 Å². The zero-order valence-corrected chi connectivity index (χ0v) is 16.5. The van der Waals surface area contributed by atoms with Gasteiger partial charge in [-0.25, -0.2) is 19.5 Å². The monoisotopic (exact) mass is 454 g/mol. The van der Waals surface area contributed by atoms with Gasteiger partial charge in [0.2, 0.25) is 17.7 Å². The number of rotatable bonds is 3. The molecular formula is C19H17F3N4O6. The highest BCUT2D eigenvalue weighted by molar-refractivity contribution is 6.17. The lowest BCUT2D eigenvalue weighted by Gasteiger charge is -2.25. The van der Waals surface area contributed by atoms with Gasteiger partial charge in [-0.05, 0) is 18.2 Å². The number of imide groups is 1. The Morgan fingerprint density at radius 1 is 1.09 bits per heavy atom. The van der Waals surface area contributed by atoms with Gasteiger partial charge in [0.25, 0.3) is 0 Å². The highest BCUT2D eigenvalue weighted by atomic mass is 19.4. The van der Waals surface area contributed by atoms with Crippen LogP contribution in [0.25, 0.3) is 0 Å². The molecule has 32 heavy (non-hydrogen) atoms. The Kier molecular flexibility index (Phi) is 7.85. The molecule has 0 atom stereocenters. The molecule has 1 aromatic heterocycles. The van der Waals surface area contributed by atoms with Crippen molar-refractivity contribution in [3.05, 3.63) is 48.7 Å². The van der Waals surface area contributed by atoms with Crippen LogP contribution in [0.15, 0.2) is 48.7 Å². The number of alkyl halides is 3. The average Bonchev–Trinajstić information content (AvgIpc) is 2.74. The molecular weight excluding hydrogens is 437 g/mol. The summed E-state index contributed by atoms with van der Waals surface area (Å²) in [4.78, 5) is 51.1. The van der Waals surface area contributed by atoms with Crippen molar-refractivity contribution < 1.29 is 42.2 Å². The number of carboxylic acids is 1. The van der Waals surface area contributed by atoms with Crippen molar-refractivity contribution in [1.29, 1.82) is 0 Å². The minimum absolute atomic E-state index is 0.0755. The minimum atomic E-state index is -5.08. The van der Waals surface area contributed by atoms with Crippen LogP contribution in [-0.2, 0) is 14.4 Å². The number of carbonyl (C=O) groups is 4. The summed E-state index contributed by atoms with van der Waals surface area (Å²) in [6.45, 7) is 0.175. The highest BCUT2D eigenvalue weighted by Crippen LogP contribution is 2.19. The van der Waals surface area contributed by atoms with Gasteiger partial charge in [-0.15, -0.1) is 0 Å². The Morgan fingerprint density at radius 3 is 2.12 bits per heavy atom. The van der Waals surface area contributed by atoms with Gasteiger partial charge in [-0.3, -0.25) is 19.8 Å². The second-order valence-electron chi connectivity index (χ2n) is 6.15. The van der Waals surface area contributed by atoms with Crippen LogP contribution in [0, 0.1) is 0 Å². The number of nitrogens with zero attached hydrogens (tertiary/aromatic N) is 3. The molecule has 0 saturated carbocycles. The molecule has 1 saturated heterocycles. The van der Waals surface area contributed by atoms with E-state index in [0.29, 0.717) is 11.4 Å². The van der Waals surface area contributed by atoms with Crippen molar-refractivity contribution in [3.8, 4) is 5.88 Å². The van der Waals surface area contributed by atoms with E-state index < -0.39 is 18.2 Å². The zero-order chi connectivity index (χ0) is 23.9. The molecule has 13 heteroatoms. The molecule has 0 unspecified atom stereocenters. The molecule has 3 amide bonds. The molecule has 0 radical (unpaired) electrons. The van der Waals surface area contributed by atoms with Crippen LogP contribution in [0.1, 0.15) is 0 Å². The predicted molar refractivity (Wildman–Crippen MR) is 104 cm³/mol. The van der Waals surface area contributed by atoms with E-state index in [0.717, 1.165) is 4.90 Å². The highest BCUT2D eigenvalue weighted by Gasteiger charge is 2.38. The molecule has 1 aliphatic rings. The number of carboxylic acid groups (broad SMARTS) is 1. The summed E-state index contributed by atoms with van der Waals surface area (Å²) in [5, 5.41) is 9.84. The Bertz CT molecular complexity index is 967. The number of nitrogens with one attached hydrogen (secondary N) is 1. The fourth-order valence-electron chi connectivity index (χ4n) is 2.34. The number of amides is 3. The van der Waals surface area contributed by atoms with Gasteiger partial charge in [-0.1, -0.05) is 18.2 Å². The molecule has 0 bridgehead atoms. The lowest BCUT2D eigenvalue weighted by molar-refractivity contribution is -0.192. The summed E-state index contributed by atoms with van der Waals surface area (Å²) in [5.41, 5.74) is 1.02. The molecule has 170 valence electrons. The van der Waals surface area contributed by atoms with E-state index in [9.17, 15) is 27.6 Å². The Hall–Kier alpha value is -4.00. The third kappa shape index (κ3) is 6.50. The van der Waals surface area contributed by atoms with Crippen LogP contribution in [0.2, 0.25) is 0 Å². The molecule has 1 aromatic carbocycles. The minimum Gasteiger partial charge on any atom is -0.475 e. The first kappa shape index (κ1) is 24.3. The fourth-order valence-corrected chi connectivity index (χ4v) is 2.34. The number of halogens is 3. The van der Waals surface area contributed by atoms with E-state index in [1.165, 1.54) is 23.2 Å². The number of ether oxygens (including phenoxy) is 1. The van der Waals surface area contributed by atoms with E-state index in [1.807, 2.05) is 18.2 Å². The van der Waals surface area contributed by atoms with Gasteiger partial charge in [0, 0.05) is 18.8 Å². The number of piperazine rings is 1. The molecule has 10 nitrogen and oxygen atoms in total. The number of para-hydroxylation sites is 1. The van der Waals surface area contributed by atoms with Crippen LogP contribution in [0.4, 0.5) is 29.3 Å². The first-order valence-corrected chi connectivity index (χ1v) is 8.84. The number of hydrogen-bond donors (Lipinski definition) is 2. The first-order chi connectivity index (χ1) is 15.0. The smallest absolute Gasteiger partial charge is 0.475 e.